The molecule has 0 saturated heterocycles. The van der Waals surface area contributed by atoms with Crippen LogP contribution in [0, 0.1) is 5.41 Å². The summed E-state index contributed by atoms with van der Waals surface area (Å²) in [5.41, 5.74) is 5.74. The van der Waals surface area contributed by atoms with Gasteiger partial charge in [-0.15, -0.1) is 0 Å². The second-order valence-corrected chi connectivity index (χ2v) is 7.85. The first-order valence-electron chi connectivity index (χ1n) is 11.1. The number of hydrogen-bond donors (Lipinski definition) is 5. The highest BCUT2D eigenvalue weighted by molar-refractivity contribution is 5.81. The molecule has 0 radical (unpaired) electrons. The van der Waals surface area contributed by atoms with E-state index in [0.29, 0.717) is 6.04 Å². The fraction of sp³-hybridized carbons (Fsp3) is 0.400. The van der Waals surface area contributed by atoms with Crippen LogP contribution in [-0.2, 0) is 6.42 Å². The molecule has 30 heavy (non-hydrogen) atoms. The second-order valence-electron chi connectivity index (χ2n) is 7.85. The minimum atomic E-state index is 0.0850. The topological polar surface area (TPSA) is 72.0 Å². The first kappa shape index (κ1) is 21.8. The molecular formula is C25H35N5. The summed E-state index contributed by atoms with van der Waals surface area (Å²) in [4.78, 5) is 0. The van der Waals surface area contributed by atoms with Crippen LogP contribution in [0.2, 0.25) is 0 Å². The summed E-state index contributed by atoms with van der Waals surface area (Å²) in [7, 11) is 0. The van der Waals surface area contributed by atoms with Gasteiger partial charge >= 0.3 is 0 Å². The lowest BCUT2D eigenvalue weighted by molar-refractivity contribution is 0.538. The molecule has 0 saturated carbocycles. The van der Waals surface area contributed by atoms with E-state index in [0.717, 1.165) is 49.3 Å². The van der Waals surface area contributed by atoms with E-state index in [1.54, 1.807) is 0 Å². The van der Waals surface area contributed by atoms with Crippen LogP contribution in [0.25, 0.3) is 0 Å². The van der Waals surface area contributed by atoms with Crippen molar-refractivity contribution in [3.8, 4) is 0 Å². The molecule has 3 rings (SSSR count). The van der Waals surface area contributed by atoms with Gasteiger partial charge in [0.25, 0.3) is 0 Å². The Morgan fingerprint density at radius 1 is 1.17 bits per heavy atom. The molecule has 2 aromatic rings. The molecule has 0 aliphatic carbocycles. The highest BCUT2D eigenvalue weighted by Gasteiger charge is 2.19. The van der Waals surface area contributed by atoms with Crippen molar-refractivity contribution in [3.63, 3.8) is 0 Å². The smallest absolute Gasteiger partial charge is 0.0716 e. The van der Waals surface area contributed by atoms with Crippen molar-refractivity contribution in [2.45, 2.75) is 51.6 Å². The Labute approximate surface area is 180 Å². The molecular weight excluding hydrogens is 370 g/mol. The maximum atomic E-state index is 7.87. The van der Waals surface area contributed by atoms with E-state index < -0.39 is 0 Å². The molecule has 2 atom stereocenters. The molecule has 1 aliphatic rings. The van der Waals surface area contributed by atoms with Gasteiger partial charge in [0.05, 0.1) is 17.4 Å². The molecule has 0 fully saturated rings. The van der Waals surface area contributed by atoms with Crippen molar-refractivity contribution in [1.29, 1.82) is 5.41 Å². The quantitative estimate of drug-likeness (QED) is 0.331. The van der Waals surface area contributed by atoms with Crippen LogP contribution in [0.3, 0.4) is 0 Å². The van der Waals surface area contributed by atoms with Gasteiger partial charge in [-0.2, -0.15) is 0 Å². The van der Waals surface area contributed by atoms with Gasteiger partial charge in [0.15, 0.2) is 0 Å². The lowest BCUT2D eigenvalue weighted by atomic mass is 10.0. The largest absolute Gasteiger partial charge is 0.388 e. The number of benzene rings is 2. The molecule has 5 heteroatoms. The minimum absolute atomic E-state index is 0.0850. The molecule has 160 valence electrons. The maximum absolute atomic E-state index is 7.87. The highest BCUT2D eigenvalue weighted by atomic mass is 15.1. The van der Waals surface area contributed by atoms with E-state index in [9.17, 15) is 0 Å². The van der Waals surface area contributed by atoms with Crippen LogP contribution < -0.4 is 21.3 Å². The molecule has 2 unspecified atom stereocenters. The van der Waals surface area contributed by atoms with Crippen LogP contribution in [-0.4, -0.2) is 31.4 Å². The van der Waals surface area contributed by atoms with E-state index >= 15 is 0 Å². The normalized spacial score (nSPS) is 16.6. The van der Waals surface area contributed by atoms with Gasteiger partial charge in [0.1, 0.15) is 0 Å². The van der Waals surface area contributed by atoms with Gasteiger partial charge in [0.2, 0.25) is 0 Å². The number of para-hydroxylation sites is 2. The summed E-state index contributed by atoms with van der Waals surface area (Å²) in [6.45, 7) is 6.11. The third-order valence-corrected chi connectivity index (χ3v) is 5.59. The standard InChI is InChI=1S/C25H35N5/c1-3-8-19-9-7-10-22(15-19)27-14-13-21(4-2)28-17-20(16-26)25-18-29-23-11-5-6-12-24(23)30-25/h5-7,9-12,15-17,21,25-30H,3-4,8,13-14,18H2,1-2H3/b20-17+,26-16?. The Hall–Kier alpha value is -2.95. The number of aryl methyl sites for hydroxylation is 1. The zero-order valence-corrected chi connectivity index (χ0v) is 18.2. The first-order valence-corrected chi connectivity index (χ1v) is 11.1. The summed E-state index contributed by atoms with van der Waals surface area (Å²) in [5, 5.41) is 22.0. The summed E-state index contributed by atoms with van der Waals surface area (Å²) >= 11 is 0. The predicted octanol–water partition coefficient (Wildman–Crippen LogP) is 5.25. The van der Waals surface area contributed by atoms with Gasteiger partial charge in [0, 0.05) is 42.8 Å². The first-order chi connectivity index (χ1) is 14.7. The molecule has 0 amide bonds. The number of rotatable bonds is 11. The summed E-state index contributed by atoms with van der Waals surface area (Å²) < 4.78 is 0. The van der Waals surface area contributed by atoms with E-state index in [1.165, 1.54) is 23.9 Å². The molecule has 5 nitrogen and oxygen atoms in total. The third-order valence-electron chi connectivity index (χ3n) is 5.59. The maximum Gasteiger partial charge on any atom is 0.0716 e. The SMILES string of the molecule is CCCc1cccc(NCCC(CC)N/C=C(\C=N)C2CNc3ccccc3N2)c1. The lowest BCUT2D eigenvalue weighted by Crippen LogP contribution is -2.36. The Morgan fingerprint density at radius 3 is 2.77 bits per heavy atom. The van der Waals surface area contributed by atoms with Crippen LogP contribution in [0.15, 0.2) is 60.3 Å². The number of anilines is 3. The van der Waals surface area contributed by atoms with Gasteiger partial charge in [-0.1, -0.05) is 44.5 Å². The molecule has 0 spiro atoms. The Balaban J connectivity index is 1.51. The fourth-order valence-corrected chi connectivity index (χ4v) is 3.79. The molecule has 1 heterocycles. The number of fused-ring (bicyclic) bond motifs is 1. The van der Waals surface area contributed by atoms with Crippen LogP contribution >= 0.6 is 0 Å². The van der Waals surface area contributed by atoms with Gasteiger partial charge < -0.3 is 26.7 Å². The van der Waals surface area contributed by atoms with E-state index in [4.69, 9.17) is 5.41 Å². The van der Waals surface area contributed by atoms with Crippen molar-refractivity contribution in [2.24, 2.45) is 0 Å². The van der Waals surface area contributed by atoms with Crippen molar-refractivity contribution >= 4 is 23.3 Å². The number of nitrogens with one attached hydrogen (secondary N) is 5. The third kappa shape index (κ3) is 6.02. The summed E-state index contributed by atoms with van der Waals surface area (Å²) in [6, 6.07) is 17.4. The minimum Gasteiger partial charge on any atom is -0.388 e. The Morgan fingerprint density at radius 2 is 2.00 bits per heavy atom. The van der Waals surface area contributed by atoms with Gasteiger partial charge in [-0.3, -0.25) is 0 Å². The average Bonchev–Trinajstić information content (AvgIpc) is 2.78. The van der Waals surface area contributed by atoms with E-state index in [1.807, 2.05) is 18.3 Å². The predicted molar refractivity (Wildman–Crippen MR) is 130 cm³/mol. The number of hydrogen-bond acceptors (Lipinski definition) is 5. The van der Waals surface area contributed by atoms with Gasteiger partial charge in [-0.05, 0) is 49.1 Å². The lowest BCUT2D eigenvalue weighted by Gasteiger charge is -2.29. The van der Waals surface area contributed by atoms with Crippen LogP contribution in [0.4, 0.5) is 17.1 Å². The Kier molecular flexibility index (Phi) is 8.19. The summed E-state index contributed by atoms with van der Waals surface area (Å²) in [5.74, 6) is 0. The zero-order valence-electron chi connectivity index (χ0n) is 18.2. The zero-order chi connectivity index (χ0) is 21.2. The Bertz CT molecular complexity index is 845. The van der Waals surface area contributed by atoms with E-state index in [2.05, 4.69) is 71.5 Å². The molecule has 1 aliphatic heterocycles. The fourth-order valence-electron chi connectivity index (χ4n) is 3.79. The monoisotopic (exact) mass is 405 g/mol. The second kappa shape index (κ2) is 11.3. The van der Waals surface area contributed by atoms with Crippen molar-refractivity contribution < 1.29 is 0 Å². The van der Waals surface area contributed by atoms with Crippen LogP contribution in [0.1, 0.15) is 38.7 Å². The average molecular weight is 406 g/mol. The molecule has 0 aromatic heterocycles. The van der Waals surface area contributed by atoms with E-state index in [-0.39, 0.29) is 6.04 Å². The van der Waals surface area contributed by atoms with Gasteiger partial charge in [-0.25, -0.2) is 0 Å². The van der Waals surface area contributed by atoms with Crippen molar-refractivity contribution in [1.82, 2.24) is 5.32 Å². The molecule has 0 bridgehead atoms. The highest BCUT2D eigenvalue weighted by Crippen LogP contribution is 2.26. The van der Waals surface area contributed by atoms with Crippen molar-refractivity contribution in [2.75, 3.05) is 29.0 Å². The molecule has 5 N–H and O–H groups in total. The van der Waals surface area contributed by atoms with Crippen molar-refractivity contribution in [3.05, 3.63) is 65.9 Å². The summed E-state index contributed by atoms with van der Waals surface area (Å²) in [6.07, 6.45) is 7.82. The molecule has 2 aromatic carbocycles. The van der Waals surface area contributed by atoms with Crippen LogP contribution in [0.5, 0.6) is 0 Å².